The molecule has 3 unspecified atom stereocenters. The van der Waals surface area contributed by atoms with Gasteiger partial charge < -0.3 is 4.74 Å². The topological polar surface area (TPSA) is 26.3 Å². The maximum atomic E-state index is 12.1. The Kier molecular flexibility index (Phi) is 4.57. The van der Waals surface area contributed by atoms with E-state index in [0.29, 0.717) is 11.8 Å². The molecule has 0 N–H and O–H groups in total. The normalized spacial score (nSPS) is 34.4. The smallest absolute Gasteiger partial charge is 0.312 e. The third-order valence-corrected chi connectivity index (χ3v) is 4.37. The number of hydrogen-bond donors (Lipinski definition) is 0. The monoisotopic (exact) mass is 224 g/mol. The molecule has 1 aliphatic carbocycles. The van der Waals surface area contributed by atoms with Crippen molar-refractivity contribution in [2.75, 3.05) is 7.11 Å². The maximum Gasteiger partial charge on any atom is 0.312 e. The van der Waals surface area contributed by atoms with Gasteiger partial charge in [-0.05, 0) is 38.0 Å². The van der Waals surface area contributed by atoms with Gasteiger partial charge in [0.2, 0.25) is 0 Å². The van der Waals surface area contributed by atoms with Crippen molar-refractivity contribution in [3.8, 4) is 0 Å². The molecule has 1 aliphatic rings. The first-order valence-corrected chi connectivity index (χ1v) is 6.30. The second kappa shape index (κ2) is 5.51. The van der Waals surface area contributed by atoms with E-state index in [9.17, 15) is 4.79 Å². The molecule has 2 nitrogen and oxygen atoms in total. The van der Waals surface area contributed by atoms with Crippen LogP contribution in [0.25, 0.3) is 0 Å². The van der Waals surface area contributed by atoms with Crippen LogP contribution in [0.3, 0.4) is 0 Å². The third-order valence-electron chi connectivity index (χ3n) is 4.37. The number of ether oxygens (including phenoxy) is 1. The summed E-state index contributed by atoms with van der Waals surface area (Å²) in [5, 5.41) is 0. The second-order valence-electron chi connectivity index (χ2n) is 5.03. The molecular formula is C14H24O2. The first kappa shape index (κ1) is 13.3. The summed E-state index contributed by atoms with van der Waals surface area (Å²) in [6.45, 7) is 8.06. The van der Waals surface area contributed by atoms with Crippen LogP contribution in [-0.2, 0) is 9.53 Å². The summed E-state index contributed by atoms with van der Waals surface area (Å²) in [5.74, 6) is 0.820. The van der Waals surface area contributed by atoms with Crippen molar-refractivity contribution in [2.24, 2.45) is 17.3 Å². The van der Waals surface area contributed by atoms with Crippen LogP contribution in [0.1, 0.15) is 46.0 Å². The molecule has 0 aromatic heterocycles. The zero-order valence-electron chi connectivity index (χ0n) is 10.8. The molecule has 0 bridgehead atoms. The van der Waals surface area contributed by atoms with E-state index < -0.39 is 0 Å². The minimum atomic E-state index is -0.310. The lowest BCUT2D eigenvalue weighted by atomic mass is 9.59. The summed E-state index contributed by atoms with van der Waals surface area (Å²) in [5.41, 5.74) is -0.310. The van der Waals surface area contributed by atoms with Crippen molar-refractivity contribution >= 4 is 5.97 Å². The molecule has 0 radical (unpaired) electrons. The lowest BCUT2D eigenvalue weighted by Crippen LogP contribution is -2.45. The van der Waals surface area contributed by atoms with Crippen molar-refractivity contribution in [2.45, 2.75) is 46.0 Å². The van der Waals surface area contributed by atoms with Crippen LogP contribution in [0.2, 0.25) is 0 Å². The molecule has 1 rings (SSSR count). The summed E-state index contributed by atoms with van der Waals surface area (Å²) in [7, 11) is 1.50. The largest absolute Gasteiger partial charge is 0.469 e. The molecular weight excluding hydrogens is 200 g/mol. The van der Waals surface area contributed by atoms with Gasteiger partial charge in [-0.1, -0.05) is 25.8 Å². The minimum absolute atomic E-state index is 0.0362. The standard InChI is InChI=1S/C14H24O2/c1-5-8-12-10-7-9-11(6-2)14(12,3)13(15)16-4/h5,11-12H,1,6-10H2,2-4H3. The molecule has 1 fully saturated rings. The fourth-order valence-corrected chi connectivity index (χ4v) is 3.29. The lowest BCUT2D eigenvalue weighted by Gasteiger charge is -2.44. The van der Waals surface area contributed by atoms with Gasteiger partial charge in [-0.15, -0.1) is 6.58 Å². The van der Waals surface area contributed by atoms with Gasteiger partial charge in [-0.25, -0.2) is 0 Å². The Morgan fingerprint density at radius 2 is 2.12 bits per heavy atom. The third kappa shape index (κ3) is 2.16. The van der Waals surface area contributed by atoms with Gasteiger partial charge in [0, 0.05) is 0 Å². The Hall–Kier alpha value is -0.790. The Labute approximate surface area is 99.1 Å². The number of methoxy groups -OCH3 is 1. The molecule has 1 saturated carbocycles. The number of carbonyl (C=O) groups excluding carboxylic acids is 1. The number of allylic oxidation sites excluding steroid dienone is 1. The second-order valence-corrected chi connectivity index (χ2v) is 5.03. The predicted molar refractivity (Wildman–Crippen MR) is 66.1 cm³/mol. The van der Waals surface area contributed by atoms with E-state index in [1.54, 1.807) is 0 Å². The summed E-state index contributed by atoms with van der Waals surface area (Å²) in [6.07, 6.45) is 7.40. The van der Waals surface area contributed by atoms with E-state index in [-0.39, 0.29) is 11.4 Å². The Balaban J connectivity index is 2.98. The Morgan fingerprint density at radius 3 is 2.62 bits per heavy atom. The van der Waals surface area contributed by atoms with Gasteiger partial charge in [-0.3, -0.25) is 4.79 Å². The summed E-state index contributed by atoms with van der Waals surface area (Å²) < 4.78 is 5.03. The van der Waals surface area contributed by atoms with Gasteiger partial charge in [0.1, 0.15) is 0 Å². The first-order valence-electron chi connectivity index (χ1n) is 6.30. The highest BCUT2D eigenvalue weighted by molar-refractivity contribution is 5.77. The van der Waals surface area contributed by atoms with Crippen molar-refractivity contribution in [3.05, 3.63) is 12.7 Å². The number of carbonyl (C=O) groups is 1. The number of hydrogen-bond acceptors (Lipinski definition) is 2. The molecule has 0 spiro atoms. The van der Waals surface area contributed by atoms with Crippen molar-refractivity contribution in [3.63, 3.8) is 0 Å². The molecule has 0 heterocycles. The molecule has 0 aliphatic heterocycles. The van der Waals surface area contributed by atoms with Crippen LogP contribution in [0.4, 0.5) is 0 Å². The van der Waals surface area contributed by atoms with E-state index in [4.69, 9.17) is 4.74 Å². The molecule has 3 atom stereocenters. The fourth-order valence-electron chi connectivity index (χ4n) is 3.29. The first-order chi connectivity index (χ1) is 7.61. The number of esters is 1. The molecule has 0 aromatic carbocycles. The van der Waals surface area contributed by atoms with Crippen LogP contribution in [-0.4, -0.2) is 13.1 Å². The quantitative estimate of drug-likeness (QED) is 0.539. The van der Waals surface area contributed by atoms with Gasteiger partial charge in [-0.2, -0.15) is 0 Å². The van der Waals surface area contributed by atoms with Crippen molar-refractivity contribution in [1.29, 1.82) is 0 Å². The molecule has 16 heavy (non-hydrogen) atoms. The van der Waals surface area contributed by atoms with Crippen molar-refractivity contribution in [1.82, 2.24) is 0 Å². The molecule has 2 heteroatoms. The maximum absolute atomic E-state index is 12.1. The van der Waals surface area contributed by atoms with E-state index in [1.807, 2.05) is 6.08 Å². The van der Waals surface area contributed by atoms with E-state index in [0.717, 1.165) is 25.7 Å². The minimum Gasteiger partial charge on any atom is -0.469 e. The SMILES string of the molecule is C=CCC1CCCC(CC)C1(C)C(=O)OC. The van der Waals surface area contributed by atoms with E-state index in [1.165, 1.54) is 13.5 Å². The Bertz CT molecular complexity index is 259. The molecule has 0 amide bonds. The highest BCUT2D eigenvalue weighted by Crippen LogP contribution is 2.49. The van der Waals surface area contributed by atoms with Crippen LogP contribution < -0.4 is 0 Å². The van der Waals surface area contributed by atoms with Crippen LogP contribution in [0, 0.1) is 17.3 Å². The number of rotatable bonds is 4. The Morgan fingerprint density at radius 1 is 1.50 bits per heavy atom. The molecule has 0 saturated heterocycles. The highest BCUT2D eigenvalue weighted by atomic mass is 16.5. The zero-order chi connectivity index (χ0) is 12.2. The van der Waals surface area contributed by atoms with E-state index in [2.05, 4.69) is 20.4 Å². The van der Waals surface area contributed by atoms with Gasteiger partial charge in [0.05, 0.1) is 12.5 Å². The molecule has 0 aromatic rings. The predicted octanol–water partition coefficient (Wildman–Crippen LogP) is 3.57. The van der Waals surface area contributed by atoms with Gasteiger partial charge in [0.15, 0.2) is 0 Å². The molecule has 92 valence electrons. The van der Waals surface area contributed by atoms with Crippen molar-refractivity contribution < 1.29 is 9.53 Å². The fraction of sp³-hybridized carbons (Fsp3) is 0.786. The lowest BCUT2D eigenvalue weighted by molar-refractivity contribution is -0.162. The summed E-state index contributed by atoms with van der Waals surface area (Å²) in [4.78, 5) is 12.1. The van der Waals surface area contributed by atoms with Gasteiger partial charge >= 0.3 is 5.97 Å². The van der Waals surface area contributed by atoms with Crippen LogP contribution in [0.15, 0.2) is 12.7 Å². The zero-order valence-corrected chi connectivity index (χ0v) is 10.8. The average Bonchev–Trinajstić information content (AvgIpc) is 2.31. The van der Waals surface area contributed by atoms with Crippen LogP contribution >= 0.6 is 0 Å². The van der Waals surface area contributed by atoms with Gasteiger partial charge in [0.25, 0.3) is 0 Å². The highest BCUT2D eigenvalue weighted by Gasteiger charge is 2.48. The summed E-state index contributed by atoms with van der Waals surface area (Å²) in [6, 6.07) is 0. The van der Waals surface area contributed by atoms with E-state index >= 15 is 0 Å². The average molecular weight is 224 g/mol. The summed E-state index contributed by atoms with van der Waals surface area (Å²) >= 11 is 0. The van der Waals surface area contributed by atoms with Crippen LogP contribution in [0.5, 0.6) is 0 Å².